The number of rotatable bonds is 5. The number of carbonyl (C=O) groups is 1. The lowest BCUT2D eigenvalue weighted by molar-refractivity contribution is 0.102. The van der Waals surface area contributed by atoms with Crippen LogP contribution in [0.1, 0.15) is 30.6 Å². The van der Waals surface area contributed by atoms with Crippen LogP contribution in [0.4, 0.5) is 0 Å². The lowest BCUT2D eigenvalue weighted by atomic mass is 10.1. The van der Waals surface area contributed by atoms with Crippen LogP contribution in [0.15, 0.2) is 36.5 Å². The van der Waals surface area contributed by atoms with Crippen LogP contribution in [0.3, 0.4) is 0 Å². The number of Topliss-reactive ketones (excluding diaryl/α,β-unsaturated/α-hetero) is 1. The number of hydrogen-bond acceptors (Lipinski definition) is 3. The Morgan fingerprint density at radius 3 is 2.94 bits per heavy atom. The second-order valence-electron chi connectivity index (χ2n) is 4.33. The van der Waals surface area contributed by atoms with Crippen molar-refractivity contribution in [2.45, 2.75) is 25.5 Å². The Balaban J connectivity index is 2.22. The summed E-state index contributed by atoms with van der Waals surface area (Å²) >= 11 is 1.72. The summed E-state index contributed by atoms with van der Waals surface area (Å²) in [5, 5.41) is 1.48. The summed E-state index contributed by atoms with van der Waals surface area (Å²) in [5.74, 6) is 0.738. The largest absolute Gasteiger partial charge is 0.293 e. The van der Waals surface area contributed by atoms with E-state index in [0.717, 1.165) is 22.9 Å². The fourth-order valence-electron chi connectivity index (χ4n) is 1.76. The monoisotopic (exact) mass is 259 g/mol. The molecule has 1 aromatic carbocycles. The van der Waals surface area contributed by atoms with Gasteiger partial charge in [0.05, 0.1) is 11.3 Å². The van der Waals surface area contributed by atoms with E-state index in [4.69, 9.17) is 0 Å². The molecule has 0 spiro atoms. The first-order valence-corrected chi connectivity index (χ1v) is 7.25. The highest BCUT2D eigenvalue weighted by molar-refractivity contribution is 8.00. The van der Waals surface area contributed by atoms with Gasteiger partial charge in [0.15, 0.2) is 5.78 Å². The van der Waals surface area contributed by atoms with Crippen molar-refractivity contribution in [3.63, 3.8) is 0 Å². The number of aromatic nitrogens is 1. The number of nitrogens with zero attached hydrogens (tertiary/aromatic N) is 1. The maximum Gasteiger partial charge on any atom is 0.173 e. The van der Waals surface area contributed by atoms with E-state index >= 15 is 0 Å². The van der Waals surface area contributed by atoms with Gasteiger partial charge in [-0.1, -0.05) is 32.0 Å². The van der Waals surface area contributed by atoms with Crippen molar-refractivity contribution in [3.8, 4) is 0 Å². The summed E-state index contributed by atoms with van der Waals surface area (Å²) in [5.41, 5.74) is 1.67. The average Bonchev–Trinajstić information content (AvgIpc) is 2.43. The first-order chi connectivity index (χ1) is 8.72. The van der Waals surface area contributed by atoms with E-state index in [1.165, 1.54) is 0 Å². The van der Waals surface area contributed by atoms with Gasteiger partial charge in [0, 0.05) is 22.4 Å². The van der Waals surface area contributed by atoms with E-state index in [9.17, 15) is 4.79 Å². The first-order valence-electron chi connectivity index (χ1n) is 6.21. The second kappa shape index (κ2) is 6.01. The van der Waals surface area contributed by atoms with Crippen molar-refractivity contribution in [2.75, 3.05) is 5.75 Å². The molecule has 0 radical (unpaired) electrons. The minimum Gasteiger partial charge on any atom is -0.293 e. The Bertz CT molecular complexity index is 548. The molecule has 0 aliphatic carbocycles. The van der Waals surface area contributed by atoms with Crippen molar-refractivity contribution < 1.29 is 4.79 Å². The molecule has 0 amide bonds. The average molecular weight is 259 g/mol. The van der Waals surface area contributed by atoms with Crippen LogP contribution < -0.4 is 0 Å². The van der Waals surface area contributed by atoms with Crippen molar-refractivity contribution >= 4 is 28.4 Å². The Labute approximate surface area is 112 Å². The number of carbonyl (C=O) groups excluding carboxylic acids is 1. The molecule has 0 aliphatic heterocycles. The number of fused-ring (bicyclic) bond motifs is 1. The molecule has 2 rings (SSSR count). The van der Waals surface area contributed by atoms with E-state index in [1.54, 1.807) is 18.0 Å². The smallest absolute Gasteiger partial charge is 0.173 e. The van der Waals surface area contributed by atoms with Gasteiger partial charge in [0.2, 0.25) is 0 Å². The molecule has 2 aromatic rings. The van der Waals surface area contributed by atoms with Crippen molar-refractivity contribution in [1.82, 2.24) is 4.98 Å². The third kappa shape index (κ3) is 2.91. The Kier molecular flexibility index (Phi) is 4.37. The number of thioether (sulfide) groups is 1. The molecule has 0 N–H and O–H groups in total. The highest BCUT2D eigenvalue weighted by Gasteiger charge is 2.11. The molecule has 2 nitrogen and oxygen atoms in total. The predicted molar refractivity (Wildman–Crippen MR) is 78.3 cm³/mol. The fraction of sp³-hybridized carbons (Fsp3) is 0.333. The van der Waals surface area contributed by atoms with Crippen LogP contribution in [0.5, 0.6) is 0 Å². The maximum atomic E-state index is 12.2. The number of hydrogen-bond donors (Lipinski definition) is 0. The third-order valence-electron chi connectivity index (χ3n) is 3.02. The van der Waals surface area contributed by atoms with Crippen molar-refractivity contribution in [3.05, 3.63) is 42.1 Å². The summed E-state index contributed by atoms with van der Waals surface area (Å²) in [6.07, 6.45) is 2.85. The van der Waals surface area contributed by atoms with Crippen LogP contribution in [0.2, 0.25) is 0 Å². The molecule has 1 unspecified atom stereocenters. The van der Waals surface area contributed by atoms with Gasteiger partial charge in [-0.25, -0.2) is 0 Å². The van der Waals surface area contributed by atoms with E-state index in [0.29, 0.717) is 11.0 Å². The van der Waals surface area contributed by atoms with Gasteiger partial charge in [-0.15, -0.1) is 0 Å². The van der Waals surface area contributed by atoms with Crippen LogP contribution in [0, 0.1) is 0 Å². The fourth-order valence-corrected chi connectivity index (χ4v) is 2.59. The molecular formula is C15H17NOS. The lowest BCUT2D eigenvalue weighted by Gasteiger charge is -2.08. The highest BCUT2D eigenvalue weighted by Crippen LogP contribution is 2.20. The van der Waals surface area contributed by atoms with Crippen LogP contribution in [-0.4, -0.2) is 21.8 Å². The summed E-state index contributed by atoms with van der Waals surface area (Å²) < 4.78 is 0. The molecule has 0 saturated heterocycles. The number of benzene rings is 1. The van der Waals surface area contributed by atoms with Crippen LogP contribution in [-0.2, 0) is 0 Å². The molecule has 94 valence electrons. The minimum atomic E-state index is 0.193. The van der Waals surface area contributed by atoms with Crippen molar-refractivity contribution in [1.29, 1.82) is 0 Å². The summed E-state index contributed by atoms with van der Waals surface area (Å²) in [7, 11) is 0. The zero-order valence-electron chi connectivity index (χ0n) is 10.7. The lowest BCUT2D eigenvalue weighted by Crippen LogP contribution is -2.06. The van der Waals surface area contributed by atoms with E-state index in [1.807, 2.05) is 30.3 Å². The molecule has 18 heavy (non-hydrogen) atoms. The van der Waals surface area contributed by atoms with Gasteiger partial charge in [0.1, 0.15) is 0 Å². The minimum absolute atomic E-state index is 0.193. The summed E-state index contributed by atoms with van der Waals surface area (Å²) in [6, 6.07) is 9.57. The van der Waals surface area contributed by atoms with Crippen LogP contribution >= 0.6 is 11.8 Å². The third-order valence-corrected chi connectivity index (χ3v) is 4.35. The normalized spacial score (nSPS) is 12.6. The maximum absolute atomic E-state index is 12.2. The van der Waals surface area contributed by atoms with E-state index in [2.05, 4.69) is 18.8 Å². The SMILES string of the molecule is CCC(C)SCC(=O)c1cccc2ncccc12. The number of pyridine rings is 1. The molecular weight excluding hydrogens is 242 g/mol. The topological polar surface area (TPSA) is 30.0 Å². The van der Waals surface area contributed by atoms with Gasteiger partial charge in [0.25, 0.3) is 0 Å². The summed E-state index contributed by atoms with van der Waals surface area (Å²) in [4.78, 5) is 16.5. The first kappa shape index (κ1) is 13.1. The van der Waals surface area contributed by atoms with Crippen molar-refractivity contribution in [2.24, 2.45) is 0 Å². The van der Waals surface area contributed by atoms with Gasteiger partial charge in [-0.05, 0) is 18.6 Å². The van der Waals surface area contributed by atoms with E-state index < -0.39 is 0 Å². The molecule has 1 aromatic heterocycles. The second-order valence-corrected chi connectivity index (χ2v) is 5.76. The predicted octanol–water partition coefficient (Wildman–Crippen LogP) is 3.95. The molecule has 0 bridgehead atoms. The van der Waals surface area contributed by atoms with Gasteiger partial charge >= 0.3 is 0 Å². The quantitative estimate of drug-likeness (QED) is 0.762. The molecule has 1 atom stereocenters. The molecule has 0 aliphatic rings. The zero-order valence-corrected chi connectivity index (χ0v) is 11.5. The van der Waals surface area contributed by atoms with Crippen LogP contribution in [0.25, 0.3) is 10.9 Å². The molecule has 0 saturated carbocycles. The van der Waals surface area contributed by atoms with Gasteiger partial charge < -0.3 is 0 Å². The zero-order chi connectivity index (χ0) is 13.0. The van der Waals surface area contributed by atoms with Gasteiger partial charge in [-0.3, -0.25) is 9.78 Å². The molecule has 3 heteroatoms. The van der Waals surface area contributed by atoms with Gasteiger partial charge in [-0.2, -0.15) is 11.8 Å². The Morgan fingerprint density at radius 2 is 2.17 bits per heavy atom. The number of ketones is 1. The Morgan fingerprint density at radius 1 is 1.33 bits per heavy atom. The van der Waals surface area contributed by atoms with E-state index in [-0.39, 0.29) is 5.78 Å². The highest BCUT2D eigenvalue weighted by atomic mass is 32.2. The summed E-state index contributed by atoms with van der Waals surface area (Å²) in [6.45, 7) is 4.30. The standard InChI is InChI=1S/C15H17NOS/c1-3-11(2)18-10-15(17)13-6-4-8-14-12(13)7-5-9-16-14/h4-9,11H,3,10H2,1-2H3. The Hall–Kier alpha value is -1.35. The molecule has 0 fully saturated rings. The molecule has 1 heterocycles.